The molecule has 0 unspecified atom stereocenters. The molecule has 1 aromatic rings. The van der Waals surface area contributed by atoms with Crippen LogP contribution in [-0.2, 0) is 17.6 Å². The van der Waals surface area contributed by atoms with Crippen LogP contribution in [-0.4, -0.2) is 11.1 Å². The second-order valence-electron chi connectivity index (χ2n) is 3.10. The van der Waals surface area contributed by atoms with Crippen molar-refractivity contribution in [1.82, 2.24) is 0 Å². The van der Waals surface area contributed by atoms with E-state index in [4.69, 9.17) is 22.0 Å². The smallest absolute Gasteiger partial charge is 0.307 e. The Morgan fingerprint density at radius 2 is 2.27 bits per heavy atom. The highest BCUT2D eigenvalue weighted by molar-refractivity contribution is 6.31. The number of benzene rings is 1. The lowest BCUT2D eigenvalue weighted by molar-refractivity contribution is -0.136. The van der Waals surface area contributed by atoms with Crippen molar-refractivity contribution >= 4 is 17.6 Å². The van der Waals surface area contributed by atoms with Gasteiger partial charge in [0.2, 0.25) is 0 Å². The number of aliphatic carboxylic acids is 1. The monoisotopic (exact) mass is 223 g/mol. The number of nitriles is 1. The maximum Gasteiger partial charge on any atom is 0.307 e. The van der Waals surface area contributed by atoms with Crippen LogP contribution in [0, 0.1) is 11.3 Å². The van der Waals surface area contributed by atoms with Crippen LogP contribution >= 0.6 is 11.6 Å². The van der Waals surface area contributed by atoms with E-state index in [9.17, 15) is 4.79 Å². The zero-order chi connectivity index (χ0) is 11.4. The van der Waals surface area contributed by atoms with Gasteiger partial charge in [0.05, 0.1) is 18.1 Å². The van der Waals surface area contributed by atoms with Gasteiger partial charge in [-0.1, -0.05) is 24.6 Å². The Balaban J connectivity index is 3.30. The maximum absolute atomic E-state index is 10.6. The first kappa shape index (κ1) is 11.5. The summed E-state index contributed by atoms with van der Waals surface area (Å²) < 4.78 is 0. The van der Waals surface area contributed by atoms with E-state index < -0.39 is 5.97 Å². The van der Waals surface area contributed by atoms with E-state index in [1.165, 1.54) is 0 Å². The van der Waals surface area contributed by atoms with Gasteiger partial charge in [-0.05, 0) is 23.6 Å². The Morgan fingerprint density at radius 1 is 1.60 bits per heavy atom. The minimum atomic E-state index is -0.948. The van der Waals surface area contributed by atoms with Crippen LogP contribution in [0.15, 0.2) is 12.1 Å². The summed E-state index contributed by atoms with van der Waals surface area (Å²) in [6.07, 6.45) is 0.474. The van der Waals surface area contributed by atoms with Crippen LogP contribution in [0.25, 0.3) is 0 Å². The Hall–Kier alpha value is -1.53. The summed E-state index contributed by atoms with van der Waals surface area (Å²) in [5.41, 5.74) is 1.64. The molecular weight excluding hydrogens is 214 g/mol. The third-order valence-corrected chi connectivity index (χ3v) is 2.50. The normalized spacial score (nSPS) is 9.67. The fraction of sp³-hybridized carbons (Fsp3) is 0.273. The van der Waals surface area contributed by atoms with E-state index in [0.29, 0.717) is 22.6 Å². The van der Waals surface area contributed by atoms with E-state index >= 15 is 0 Å². The lowest BCUT2D eigenvalue weighted by Crippen LogP contribution is -2.04. The first-order valence-electron chi connectivity index (χ1n) is 4.52. The quantitative estimate of drug-likeness (QED) is 0.856. The van der Waals surface area contributed by atoms with Crippen LogP contribution in [0.4, 0.5) is 0 Å². The highest BCUT2D eigenvalue weighted by Crippen LogP contribution is 2.24. The average molecular weight is 224 g/mol. The largest absolute Gasteiger partial charge is 0.481 e. The Bertz CT molecular complexity index is 435. The Kier molecular flexibility index (Phi) is 3.70. The molecule has 0 amide bonds. The molecule has 0 atom stereocenters. The van der Waals surface area contributed by atoms with E-state index in [1.807, 2.05) is 13.0 Å². The van der Waals surface area contributed by atoms with Gasteiger partial charge in [0.15, 0.2) is 0 Å². The number of carboxylic acid groups (broad SMARTS) is 1. The molecule has 1 rings (SSSR count). The Morgan fingerprint density at radius 3 is 2.73 bits per heavy atom. The van der Waals surface area contributed by atoms with Gasteiger partial charge in [-0.25, -0.2) is 0 Å². The van der Waals surface area contributed by atoms with Crippen molar-refractivity contribution < 1.29 is 9.90 Å². The number of nitrogens with zero attached hydrogens (tertiary/aromatic N) is 1. The van der Waals surface area contributed by atoms with Gasteiger partial charge in [-0.3, -0.25) is 4.79 Å². The zero-order valence-electron chi connectivity index (χ0n) is 8.25. The number of carbonyl (C=O) groups is 1. The van der Waals surface area contributed by atoms with Gasteiger partial charge >= 0.3 is 5.97 Å². The summed E-state index contributed by atoms with van der Waals surface area (Å²) in [5, 5.41) is 18.2. The van der Waals surface area contributed by atoms with Gasteiger partial charge in [-0.15, -0.1) is 0 Å². The molecule has 0 fully saturated rings. The first-order chi connectivity index (χ1) is 7.10. The van der Waals surface area contributed by atoms with Crippen molar-refractivity contribution in [2.45, 2.75) is 19.8 Å². The van der Waals surface area contributed by atoms with Crippen LogP contribution in [0.1, 0.15) is 23.6 Å². The molecule has 0 aromatic heterocycles. The van der Waals surface area contributed by atoms with Crippen LogP contribution in [0.2, 0.25) is 5.02 Å². The highest BCUT2D eigenvalue weighted by atomic mass is 35.5. The van der Waals surface area contributed by atoms with Crippen molar-refractivity contribution in [1.29, 1.82) is 5.26 Å². The van der Waals surface area contributed by atoms with Gasteiger partial charge in [0.1, 0.15) is 0 Å². The van der Waals surface area contributed by atoms with Crippen molar-refractivity contribution in [3.05, 3.63) is 33.8 Å². The molecule has 3 nitrogen and oxygen atoms in total. The molecule has 0 bridgehead atoms. The zero-order valence-corrected chi connectivity index (χ0v) is 9.01. The molecule has 1 N–H and O–H groups in total. The van der Waals surface area contributed by atoms with Gasteiger partial charge in [-0.2, -0.15) is 5.26 Å². The first-order valence-corrected chi connectivity index (χ1v) is 4.90. The minimum absolute atomic E-state index is 0.146. The fourth-order valence-corrected chi connectivity index (χ4v) is 1.76. The summed E-state index contributed by atoms with van der Waals surface area (Å²) in [7, 11) is 0. The van der Waals surface area contributed by atoms with Crippen LogP contribution in [0.3, 0.4) is 0 Å². The van der Waals surface area contributed by atoms with Crippen molar-refractivity contribution in [3.8, 4) is 6.07 Å². The van der Waals surface area contributed by atoms with E-state index in [-0.39, 0.29) is 6.42 Å². The highest BCUT2D eigenvalue weighted by Gasteiger charge is 2.12. The second-order valence-corrected chi connectivity index (χ2v) is 3.50. The Labute approximate surface area is 92.9 Å². The maximum atomic E-state index is 10.6. The van der Waals surface area contributed by atoms with Gasteiger partial charge in [0.25, 0.3) is 0 Å². The van der Waals surface area contributed by atoms with Crippen LogP contribution < -0.4 is 0 Å². The number of hydrogen-bond acceptors (Lipinski definition) is 2. The second kappa shape index (κ2) is 4.81. The molecule has 1 aromatic carbocycles. The molecule has 0 heterocycles. The minimum Gasteiger partial charge on any atom is -0.481 e. The summed E-state index contributed by atoms with van der Waals surface area (Å²) in [5.74, 6) is -0.948. The third kappa shape index (κ3) is 2.48. The fourth-order valence-electron chi connectivity index (χ4n) is 1.47. The molecule has 4 heteroatoms. The predicted octanol–water partition coefficient (Wildman–Crippen LogP) is 2.40. The van der Waals surface area contributed by atoms with Crippen molar-refractivity contribution in [2.75, 3.05) is 0 Å². The summed E-state index contributed by atoms with van der Waals surface area (Å²) in [6, 6.07) is 5.24. The van der Waals surface area contributed by atoms with E-state index in [1.54, 1.807) is 12.1 Å². The molecule has 0 saturated heterocycles. The molecule has 0 aliphatic rings. The number of carboxylic acids is 1. The van der Waals surface area contributed by atoms with E-state index in [0.717, 1.165) is 5.56 Å². The summed E-state index contributed by atoms with van der Waals surface area (Å²) in [6.45, 7) is 1.88. The van der Waals surface area contributed by atoms with Crippen molar-refractivity contribution in [3.63, 3.8) is 0 Å². The topological polar surface area (TPSA) is 61.1 Å². The van der Waals surface area contributed by atoms with E-state index in [2.05, 4.69) is 0 Å². The molecule has 0 aliphatic heterocycles. The molecular formula is C11H10ClNO2. The molecule has 78 valence electrons. The number of hydrogen-bond donors (Lipinski definition) is 1. The van der Waals surface area contributed by atoms with Gasteiger partial charge in [0, 0.05) is 5.02 Å². The standard InChI is InChI=1S/C11H10ClNO2/c1-2-8-9(6-13)7(5-11(14)15)3-4-10(8)12/h3-4H,2,5H2,1H3,(H,14,15). The molecule has 0 spiro atoms. The predicted molar refractivity (Wildman–Crippen MR) is 56.9 cm³/mol. The molecule has 0 aliphatic carbocycles. The number of rotatable bonds is 3. The van der Waals surface area contributed by atoms with Gasteiger partial charge < -0.3 is 5.11 Å². The summed E-state index contributed by atoms with van der Waals surface area (Å²) in [4.78, 5) is 10.6. The lowest BCUT2D eigenvalue weighted by atomic mass is 9.98. The summed E-state index contributed by atoms with van der Waals surface area (Å²) >= 11 is 5.92. The molecule has 15 heavy (non-hydrogen) atoms. The van der Waals surface area contributed by atoms with Crippen LogP contribution in [0.5, 0.6) is 0 Å². The average Bonchev–Trinajstić information content (AvgIpc) is 2.19. The third-order valence-electron chi connectivity index (χ3n) is 2.15. The SMILES string of the molecule is CCc1c(Cl)ccc(CC(=O)O)c1C#N. The van der Waals surface area contributed by atoms with Crippen molar-refractivity contribution in [2.24, 2.45) is 0 Å². The molecule has 0 radical (unpaired) electrons. The molecule has 0 saturated carbocycles. The lowest BCUT2D eigenvalue weighted by Gasteiger charge is -2.08. The number of halogens is 1.